The fraction of sp³-hybridized carbons (Fsp3) is 0.360. The molecule has 2 amide bonds. The van der Waals surface area contributed by atoms with Gasteiger partial charge in [-0.2, -0.15) is 0 Å². The Hall–Kier alpha value is -2.99. The van der Waals surface area contributed by atoms with E-state index >= 15 is 0 Å². The molecule has 0 bridgehead atoms. The summed E-state index contributed by atoms with van der Waals surface area (Å²) in [6, 6.07) is 7.47. The zero-order valence-corrected chi connectivity index (χ0v) is 20.3. The zero-order valence-electron chi connectivity index (χ0n) is 19.5. The van der Waals surface area contributed by atoms with E-state index in [4.69, 9.17) is 21.1 Å². The molecule has 32 heavy (non-hydrogen) atoms. The molecule has 0 aliphatic heterocycles. The fourth-order valence-electron chi connectivity index (χ4n) is 3.32. The van der Waals surface area contributed by atoms with Gasteiger partial charge in [-0.3, -0.25) is 9.59 Å². The second-order valence-electron chi connectivity index (χ2n) is 7.73. The summed E-state index contributed by atoms with van der Waals surface area (Å²) in [7, 11) is 3.11. The van der Waals surface area contributed by atoms with Crippen molar-refractivity contribution >= 4 is 35.2 Å². The first-order valence-corrected chi connectivity index (χ1v) is 10.8. The number of aryl methyl sites for hydroxylation is 3. The van der Waals surface area contributed by atoms with Gasteiger partial charge < -0.3 is 19.7 Å². The SMILES string of the molecule is CCCOc1c(Cl)cc(/C=C/C(=O)N(C)CC(=O)Nc2c(C)cc(C)cc2C)cc1OC. The summed E-state index contributed by atoms with van der Waals surface area (Å²) in [4.78, 5) is 26.3. The number of halogens is 1. The van der Waals surface area contributed by atoms with Crippen LogP contribution in [-0.2, 0) is 9.59 Å². The van der Waals surface area contributed by atoms with Gasteiger partial charge in [-0.15, -0.1) is 0 Å². The summed E-state index contributed by atoms with van der Waals surface area (Å²) >= 11 is 6.32. The van der Waals surface area contributed by atoms with Crippen molar-refractivity contribution in [3.05, 3.63) is 57.6 Å². The average Bonchev–Trinajstić information content (AvgIpc) is 2.73. The van der Waals surface area contributed by atoms with E-state index in [2.05, 4.69) is 5.32 Å². The van der Waals surface area contributed by atoms with E-state index in [0.29, 0.717) is 28.7 Å². The molecule has 6 nitrogen and oxygen atoms in total. The highest BCUT2D eigenvalue weighted by atomic mass is 35.5. The largest absolute Gasteiger partial charge is 0.493 e. The highest BCUT2D eigenvalue weighted by Gasteiger charge is 2.14. The van der Waals surface area contributed by atoms with Crippen LogP contribution in [0.4, 0.5) is 5.69 Å². The van der Waals surface area contributed by atoms with Crippen molar-refractivity contribution < 1.29 is 19.1 Å². The number of benzene rings is 2. The molecule has 0 aromatic heterocycles. The first kappa shape index (κ1) is 25.3. The molecule has 2 aromatic rings. The van der Waals surface area contributed by atoms with E-state index in [9.17, 15) is 9.59 Å². The highest BCUT2D eigenvalue weighted by Crippen LogP contribution is 2.36. The molecule has 1 N–H and O–H groups in total. The van der Waals surface area contributed by atoms with E-state index in [1.54, 1.807) is 25.3 Å². The van der Waals surface area contributed by atoms with Crippen molar-refractivity contribution in [3.63, 3.8) is 0 Å². The lowest BCUT2D eigenvalue weighted by molar-refractivity contribution is -0.129. The quantitative estimate of drug-likeness (QED) is 0.526. The van der Waals surface area contributed by atoms with Gasteiger partial charge >= 0.3 is 0 Å². The maximum atomic E-state index is 12.5. The summed E-state index contributed by atoms with van der Waals surface area (Å²) in [6.45, 7) is 8.38. The molecule has 0 atom stereocenters. The van der Waals surface area contributed by atoms with E-state index in [0.717, 1.165) is 28.8 Å². The highest BCUT2D eigenvalue weighted by molar-refractivity contribution is 6.32. The molecule has 0 aliphatic rings. The first-order valence-electron chi connectivity index (χ1n) is 10.5. The number of carbonyl (C=O) groups excluding carboxylic acids is 2. The lowest BCUT2D eigenvalue weighted by Gasteiger charge is -2.17. The van der Waals surface area contributed by atoms with Gasteiger partial charge in [0.05, 0.1) is 25.3 Å². The predicted octanol–water partition coefficient (Wildman–Crippen LogP) is 5.17. The third kappa shape index (κ3) is 6.76. The van der Waals surface area contributed by atoms with Crippen LogP contribution in [0.25, 0.3) is 6.08 Å². The lowest BCUT2D eigenvalue weighted by atomic mass is 10.1. The summed E-state index contributed by atoms with van der Waals surface area (Å²) in [5, 5.41) is 3.31. The van der Waals surface area contributed by atoms with Gasteiger partial charge in [0.1, 0.15) is 0 Å². The van der Waals surface area contributed by atoms with Crippen LogP contribution in [0, 0.1) is 20.8 Å². The van der Waals surface area contributed by atoms with E-state index in [1.807, 2.05) is 39.8 Å². The molecule has 0 unspecified atom stereocenters. The smallest absolute Gasteiger partial charge is 0.246 e. The van der Waals surface area contributed by atoms with Crippen LogP contribution in [0.2, 0.25) is 5.02 Å². The number of likely N-dealkylation sites (N-methyl/N-ethyl adjacent to an activating group) is 1. The number of ether oxygens (including phenoxy) is 2. The second kappa shape index (κ2) is 11.6. The first-order chi connectivity index (χ1) is 15.2. The van der Waals surface area contributed by atoms with Crippen LogP contribution < -0.4 is 14.8 Å². The van der Waals surface area contributed by atoms with Crippen LogP contribution in [0.5, 0.6) is 11.5 Å². The zero-order chi connectivity index (χ0) is 23.8. The Morgan fingerprint density at radius 1 is 1.12 bits per heavy atom. The lowest BCUT2D eigenvalue weighted by Crippen LogP contribution is -2.34. The second-order valence-corrected chi connectivity index (χ2v) is 8.14. The van der Waals surface area contributed by atoms with Gasteiger partial charge in [0, 0.05) is 18.8 Å². The Bertz CT molecular complexity index is 994. The number of amides is 2. The number of hydrogen-bond acceptors (Lipinski definition) is 4. The van der Waals surface area contributed by atoms with Gasteiger partial charge in [0.15, 0.2) is 11.5 Å². The van der Waals surface area contributed by atoms with E-state index in [-0.39, 0.29) is 18.4 Å². The number of hydrogen-bond donors (Lipinski definition) is 1. The van der Waals surface area contributed by atoms with Gasteiger partial charge in [-0.05, 0) is 62.1 Å². The monoisotopic (exact) mass is 458 g/mol. The number of rotatable bonds is 9. The number of anilines is 1. The van der Waals surface area contributed by atoms with Crippen molar-refractivity contribution in [2.24, 2.45) is 0 Å². The maximum absolute atomic E-state index is 12.5. The summed E-state index contributed by atoms with van der Waals surface area (Å²) in [5.74, 6) is 0.412. The van der Waals surface area contributed by atoms with Crippen LogP contribution in [0.1, 0.15) is 35.6 Å². The van der Waals surface area contributed by atoms with Crippen molar-refractivity contribution in [3.8, 4) is 11.5 Å². The number of nitrogens with zero attached hydrogens (tertiary/aromatic N) is 1. The molecule has 0 saturated heterocycles. The van der Waals surface area contributed by atoms with Gasteiger partial charge in [0.2, 0.25) is 11.8 Å². The molecular formula is C25H31ClN2O4. The Labute approximate surface area is 195 Å². The predicted molar refractivity (Wildman–Crippen MR) is 130 cm³/mol. The minimum absolute atomic E-state index is 0.0657. The number of nitrogens with one attached hydrogen (secondary N) is 1. The van der Waals surface area contributed by atoms with E-state index in [1.165, 1.54) is 18.1 Å². The van der Waals surface area contributed by atoms with Gasteiger partial charge in [-0.25, -0.2) is 0 Å². The van der Waals surface area contributed by atoms with Gasteiger partial charge in [0.25, 0.3) is 0 Å². The molecule has 0 aliphatic carbocycles. The standard InChI is InChI=1S/C25H31ClN2O4/c1-7-10-32-25-20(26)13-19(14-21(25)31-6)8-9-23(30)28(5)15-22(29)27-24-17(3)11-16(2)12-18(24)4/h8-9,11-14H,7,10,15H2,1-6H3,(H,27,29)/b9-8+. The van der Waals surface area contributed by atoms with Crippen LogP contribution >= 0.6 is 11.6 Å². The minimum atomic E-state index is -0.307. The summed E-state index contributed by atoms with van der Waals surface area (Å²) in [5.41, 5.74) is 4.58. The van der Waals surface area contributed by atoms with Crippen molar-refractivity contribution in [1.29, 1.82) is 0 Å². The number of methoxy groups -OCH3 is 1. The molecular weight excluding hydrogens is 428 g/mol. The van der Waals surface area contributed by atoms with Crippen LogP contribution in [0.15, 0.2) is 30.3 Å². The van der Waals surface area contributed by atoms with Gasteiger partial charge in [-0.1, -0.05) is 36.2 Å². The van der Waals surface area contributed by atoms with Crippen molar-refractivity contribution in [2.45, 2.75) is 34.1 Å². The summed E-state index contributed by atoms with van der Waals surface area (Å²) < 4.78 is 11.0. The maximum Gasteiger partial charge on any atom is 0.246 e. The molecule has 0 radical (unpaired) electrons. The number of carbonyl (C=O) groups is 2. The molecule has 2 rings (SSSR count). The Kier molecular flexibility index (Phi) is 9.14. The third-order valence-electron chi connectivity index (χ3n) is 4.82. The Morgan fingerprint density at radius 2 is 1.78 bits per heavy atom. The van der Waals surface area contributed by atoms with Crippen LogP contribution in [0.3, 0.4) is 0 Å². The minimum Gasteiger partial charge on any atom is -0.493 e. The van der Waals surface area contributed by atoms with E-state index < -0.39 is 0 Å². The molecule has 2 aromatic carbocycles. The van der Waals surface area contributed by atoms with Crippen molar-refractivity contribution in [2.75, 3.05) is 32.6 Å². The fourth-order valence-corrected chi connectivity index (χ4v) is 3.60. The molecule has 0 saturated carbocycles. The molecule has 0 heterocycles. The van der Waals surface area contributed by atoms with Crippen molar-refractivity contribution in [1.82, 2.24) is 4.90 Å². The summed E-state index contributed by atoms with van der Waals surface area (Å²) in [6.07, 6.45) is 3.87. The third-order valence-corrected chi connectivity index (χ3v) is 5.10. The Morgan fingerprint density at radius 3 is 2.38 bits per heavy atom. The topological polar surface area (TPSA) is 67.9 Å². The van der Waals surface area contributed by atoms with Crippen LogP contribution in [-0.4, -0.2) is 44.0 Å². The molecule has 172 valence electrons. The normalized spacial score (nSPS) is 10.8. The molecule has 7 heteroatoms. The average molecular weight is 459 g/mol. The Balaban J connectivity index is 2.04. The molecule has 0 spiro atoms. The molecule has 0 fully saturated rings.